The zero-order valence-corrected chi connectivity index (χ0v) is 20.0. The average molecular weight is 479 g/mol. The number of anilines is 1. The number of hydrogen-bond donors (Lipinski definition) is 2. The average Bonchev–Trinajstić information content (AvgIpc) is 3.22. The molecule has 1 amide bonds. The first kappa shape index (κ1) is 23.1. The third kappa shape index (κ3) is 4.28. The summed E-state index contributed by atoms with van der Waals surface area (Å²) in [5.41, 5.74) is 4.60. The summed E-state index contributed by atoms with van der Waals surface area (Å²) in [6.45, 7) is 3.70. The van der Waals surface area contributed by atoms with Crippen LogP contribution in [0.1, 0.15) is 23.9 Å². The van der Waals surface area contributed by atoms with Gasteiger partial charge in [0.05, 0.1) is 17.4 Å². The number of aromatic nitrogens is 4. The maximum absolute atomic E-state index is 14.3. The molecular formula is C28H23FN6O. The van der Waals surface area contributed by atoms with Gasteiger partial charge in [-0.05, 0) is 63.2 Å². The van der Waals surface area contributed by atoms with E-state index in [1.54, 1.807) is 38.2 Å². The Labute approximate surface area is 207 Å². The minimum absolute atomic E-state index is 0.210. The quantitative estimate of drug-likeness (QED) is 0.376. The summed E-state index contributed by atoms with van der Waals surface area (Å²) in [6.07, 6.45) is 3.47. The monoisotopic (exact) mass is 478 g/mol. The molecule has 1 unspecified atom stereocenters. The highest BCUT2D eigenvalue weighted by atomic mass is 19.1. The van der Waals surface area contributed by atoms with Gasteiger partial charge < -0.3 is 10.6 Å². The highest BCUT2D eigenvalue weighted by Crippen LogP contribution is 2.28. The van der Waals surface area contributed by atoms with Crippen LogP contribution in [0.2, 0.25) is 0 Å². The van der Waals surface area contributed by atoms with E-state index in [9.17, 15) is 9.18 Å². The highest BCUT2D eigenvalue weighted by molar-refractivity contribution is 5.94. The van der Waals surface area contributed by atoms with E-state index in [2.05, 4.69) is 37.4 Å². The number of rotatable bonds is 4. The standard InChI is InChI=1S/C28H23FN6O/c1-17-27(35-16-5-4-9-25(35)32-17)21-11-13-24(34-28(36)18(2)30-3)33-23(21)12-10-19-14-15-31-26-20(19)7-6-8-22(26)29/h4-9,11,13-16,18,30H,1-3H3,(H,33,34,36). The maximum Gasteiger partial charge on any atom is 0.242 e. The number of likely N-dealkylation sites (N-methyl/N-ethyl adjacent to an activating group) is 1. The van der Waals surface area contributed by atoms with E-state index in [1.807, 2.05) is 41.8 Å². The van der Waals surface area contributed by atoms with Crippen molar-refractivity contribution in [2.24, 2.45) is 0 Å². The third-order valence-electron chi connectivity index (χ3n) is 5.97. The lowest BCUT2D eigenvalue weighted by Gasteiger charge is -2.12. The number of halogens is 1. The molecule has 4 heterocycles. The Morgan fingerprint density at radius 3 is 2.75 bits per heavy atom. The molecule has 0 saturated heterocycles. The minimum Gasteiger partial charge on any atom is -0.309 e. The Morgan fingerprint density at radius 2 is 1.92 bits per heavy atom. The molecule has 7 nitrogen and oxygen atoms in total. The Bertz CT molecular complexity index is 1680. The van der Waals surface area contributed by atoms with Crippen LogP contribution in [0.15, 0.2) is 67.0 Å². The van der Waals surface area contributed by atoms with E-state index in [-0.39, 0.29) is 17.5 Å². The molecule has 0 saturated carbocycles. The topological polar surface area (TPSA) is 84.2 Å². The predicted molar refractivity (Wildman–Crippen MR) is 138 cm³/mol. The Hall–Kier alpha value is -4.61. The number of nitrogens with zero attached hydrogens (tertiary/aromatic N) is 4. The lowest BCUT2D eigenvalue weighted by molar-refractivity contribution is -0.117. The molecule has 8 heteroatoms. The van der Waals surface area contributed by atoms with Crippen LogP contribution in [0.25, 0.3) is 27.8 Å². The van der Waals surface area contributed by atoms with Crippen LogP contribution in [0, 0.1) is 24.6 Å². The predicted octanol–water partition coefficient (Wildman–Crippen LogP) is 4.34. The number of nitrogens with one attached hydrogen (secondary N) is 2. The van der Waals surface area contributed by atoms with Gasteiger partial charge in [0.25, 0.3) is 0 Å². The summed E-state index contributed by atoms with van der Waals surface area (Å²) in [6, 6.07) is 15.6. The number of amides is 1. The summed E-state index contributed by atoms with van der Waals surface area (Å²) in [7, 11) is 1.72. The summed E-state index contributed by atoms with van der Waals surface area (Å²) < 4.78 is 16.2. The largest absolute Gasteiger partial charge is 0.309 e. The summed E-state index contributed by atoms with van der Waals surface area (Å²) in [5.74, 6) is 6.07. The SMILES string of the molecule is CNC(C)C(=O)Nc1ccc(-c2c(C)nc3ccccn23)c(C#Cc2ccnc3c(F)cccc23)n1. The van der Waals surface area contributed by atoms with Gasteiger partial charge in [0, 0.05) is 28.9 Å². The second kappa shape index (κ2) is 9.56. The van der Waals surface area contributed by atoms with Crippen LogP contribution >= 0.6 is 0 Å². The van der Waals surface area contributed by atoms with Gasteiger partial charge >= 0.3 is 0 Å². The summed E-state index contributed by atoms with van der Waals surface area (Å²) >= 11 is 0. The number of benzene rings is 1. The normalized spacial score (nSPS) is 11.8. The van der Waals surface area contributed by atoms with Gasteiger partial charge in [-0.3, -0.25) is 14.2 Å². The molecule has 1 atom stereocenters. The van der Waals surface area contributed by atoms with E-state index in [0.29, 0.717) is 22.5 Å². The molecule has 5 aromatic rings. The summed E-state index contributed by atoms with van der Waals surface area (Å²) in [5, 5.41) is 6.36. The zero-order valence-electron chi connectivity index (χ0n) is 20.0. The molecule has 36 heavy (non-hydrogen) atoms. The Kier molecular flexibility index (Phi) is 6.15. The maximum atomic E-state index is 14.3. The first-order valence-corrected chi connectivity index (χ1v) is 11.4. The second-order valence-corrected chi connectivity index (χ2v) is 8.31. The van der Waals surface area contributed by atoms with Crippen LogP contribution in [0.3, 0.4) is 0 Å². The van der Waals surface area contributed by atoms with E-state index < -0.39 is 5.82 Å². The van der Waals surface area contributed by atoms with Crippen LogP contribution in [-0.2, 0) is 4.79 Å². The van der Waals surface area contributed by atoms with Gasteiger partial charge in [-0.2, -0.15) is 0 Å². The third-order valence-corrected chi connectivity index (χ3v) is 5.97. The van der Waals surface area contributed by atoms with E-state index in [0.717, 1.165) is 22.6 Å². The molecule has 1 aromatic carbocycles. The van der Waals surface area contributed by atoms with Crippen LogP contribution < -0.4 is 10.6 Å². The van der Waals surface area contributed by atoms with Crippen LogP contribution in [-0.4, -0.2) is 38.3 Å². The first-order chi connectivity index (χ1) is 17.5. The van der Waals surface area contributed by atoms with Gasteiger partial charge in [0.2, 0.25) is 5.91 Å². The Balaban J connectivity index is 1.67. The fraction of sp³-hybridized carbons (Fsp3) is 0.143. The minimum atomic E-state index is -0.403. The van der Waals surface area contributed by atoms with Crippen LogP contribution in [0.5, 0.6) is 0 Å². The van der Waals surface area contributed by atoms with E-state index >= 15 is 0 Å². The van der Waals surface area contributed by atoms with Gasteiger partial charge in [-0.15, -0.1) is 0 Å². The highest BCUT2D eigenvalue weighted by Gasteiger charge is 2.17. The van der Waals surface area contributed by atoms with Crippen molar-refractivity contribution in [2.75, 3.05) is 12.4 Å². The van der Waals surface area contributed by atoms with Gasteiger partial charge in [-0.1, -0.05) is 24.1 Å². The number of pyridine rings is 3. The van der Waals surface area contributed by atoms with Crippen molar-refractivity contribution in [1.29, 1.82) is 0 Å². The van der Waals surface area contributed by atoms with Gasteiger partial charge in [0.15, 0.2) is 0 Å². The first-order valence-electron chi connectivity index (χ1n) is 11.4. The molecule has 0 spiro atoms. The van der Waals surface area contributed by atoms with Crippen molar-refractivity contribution in [1.82, 2.24) is 24.7 Å². The van der Waals surface area contributed by atoms with Gasteiger partial charge in [-0.25, -0.2) is 14.4 Å². The number of fused-ring (bicyclic) bond motifs is 2. The number of carbonyl (C=O) groups excluding carboxylic acids is 1. The molecule has 0 aliphatic rings. The lowest BCUT2D eigenvalue weighted by atomic mass is 10.1. The van der Waals surface area contributed by atoms with E-state index in [1.165, 1.54) is 12.3 Å². The smallest absolute Gasteiger partial charge is 0.242 e. The molecule has 4 aromatic heterocycles. The number of imidazole rings is 1. The van der Waals surface area contributed by atoms with Crippen molar-refractivity contribution in [2.45, 2.75) is 19.9 Å². The lowest BCUT2D eigenvalue weighted by Crippen LogP contribution is -2.35. The van der Waals surface area contributed by atoms with Crippen molar-refractivity contribution in [3.63, 3.8) is 0 Å². The molecule has 0 fully saturated rings. The molecule has 0 aliphatic heterocycles. The Morgan fingerprint density at radius 1 is 1.06 bits per heavy atom. The van der Waals surface area contributed by atoms with Crippen molar-refractivity contribution >= 4 is 28.3 Å². The number of carbonyl (C=O) groups is 1. The summed E-state index contributed by atoms with van der Waals surface area (Å²) in [4.78, 5) is 25.9. The van der Waals surface area contributed by atoms with Crippen LogP contribution in [0.4, 0.5) is 10.2 Å². The zero-order chi connectivity index (χ0) is 25.2. The fourth-order valence-corrected chi connectivity index (χ4v) is 3.99. The molecule has 2 N–H and O–H groups in total. The van der Waals surface area contributed by atoms with Gasteiger partial charge in [0.1, 0.15) is 28.5 Å². The molecule has 178 valence electrons. The molecule has 0 bridgehead atoms. The van der Waals surface area contributed by atoms with Crippen molar-refractivity contribution < 1.29 is 9.18 Å². The number of aryl methyl sites for hydroxylation is 1. The molecule has 0 radical (unpaired) electrons. The van der Waals surface area contributed by atoms with Crippen molar-refractivity contribution in [3.8, 4) is 23.1 Å². The van der Waals surface area contributed by atoms with Crippen molar-refractivity contribution in [3.05, 3.63) is 89.8 Å². The number of para-hydroxylation sites is 1. The fourth-order valence-electron chi connectivity index (χ4n) is 3.99. The molecule has 0 aliphatic carbocycles. The number of hydrogen-bond acceptors (Lipinski definition) is 5. The molecule has 5 rings (SSSR count). The second-order valence-electron chi connectivity index (χ2n) is 8.31. The molecular weight excluding hydrogens is 455 g/mol. The van der Waals surface area contributed by atoms with E-state index in [4.69, 9.17) is 0 Å².